The van der Waals surface area contributed by atoms with Gasteiger partial charge in [-0.15, -0.1) is 0 Å². The zero-order valence-electron chi connectivity index (χ0n) is 19.4. The SMILES string of the molecule is COc1cc(/C=N/NC(=O)CCc2ccc(S(=O)(=O)N3CCOCC3)cc2)cc(OC)c1OC. The normalized spacial score (nSPS) is 14.7. The van der Waals surface area contributed by atoms with Crippen molar-refractivity contribution in [2.24, 2.45) is 5.10 Å². The van der Waals surface area contributed by atoms with E-state index in [1.54, 1.807) is 36.4 Å². The van der Waals surface area contributed by atoms with Crippen molar-refractivity contribution in [3.63, 3.8) is 0 Å². The summed E-state index contributed by atoms with van der Waals surface area (Å²) in [5, 5.41) is 3.99. The molecule has 0 unspecified atom stereocenters. The maximum absolute atomic E-state index is 12.7. The number of carbonyl (C=O) groups excluding carboxylic acids is 1. The van der Waals surface area contributed by atoms with Crippen molar-refractivity contribution in [2.75, 3.05) is 47.6 Å². The molecule has 2 aromatic rings. The van der Waals surface area contributed by atoms with Gasteiger partial charge in [0.05, 0.1) is 45.7 Å². The largest absolute Gasteiger partial charge is 0.493 e. The van der Waals surface area contributed by atoms with Crippen molar-refractivity contribution >= 4 is 22.1 Å². The second-order valence-electron chi connectivity index (χ2n) is 7.41. The Bertz CT molecular complexity index is 1090. The van der Waals surface area contributed by atoms with Crippen LogP contribution in [-0.2, 0) is 26.0 Å². The lowest BCUT2D eigenvalue weighted by atomic mass is 10.1. The molecule has 34 heavy (non-hydrogen) atoms. The van der Waals surface area contributed by atoms with Gasteiger partial charge in [0, 0.05) is 25.1 Å². The average molecular weight is 492 g/mol. The summed E-state index contributed by atoms with van der Waals surface area (Å²) in [6, 6.07) is 10.0. The number of morpholine rings is 1. The van der Waals surface area contributed by atoms with E-state index < -0.39 is 10.0 Å². The van der Waals surface area contributed by atoms with Crippen molar-refractivity contribution in [2.45, 2.75) is 17.7 Å². The van der Waals surface area contributed by atoms with Crippen LogP contribution >= 0.6 is 0 Å². The molecule has 1 aliphatic rings. The number of ether oxygens (including phenoxy) is 4. The van der Waals surface area contributed by atoms with Crippen molar-refractivity contribution in [1.82, 2.24) is 9.73 Å². The number of benzene rings is 2. The fourth-order valence-electron chi connectivity index (χ4n) is 3.43. The number of aryl methyl sites for hydroxylation is 1. The monoisotopic (exact) mass is 491 g/mol. The van der Waals surface area contributed by atoms with Gasteiger partial charge in [-0.1, -0.05) is 12.1 Å². The Labute approximate surface area is 199 Å². The minimum atomic E-state index is -3.53. The second-order valence-corrected chi connectivity index (χ2v) is 9.35. The average Bonchev–Trinajstić information content (AvgIpc) is 2.87. The summed E-state index contributed by atoms with van der Waals surface area (Å²) < 4.78 is 47.9. The number of methoxy groups -OCH3 is 3. The Hall–Kier alpha value is -3.15. The van der Waals surface area contributed by atoms with E-state index >= 15 is 0 Å². The predicted molar refractivity (Wildman–Crippen MR) is 126 cm³/mol. The van der Waals surface area contributed by atoms with Gasteiger partial charge < -0.3 is 18.9 Å². The van der Waals surface area contributed by atoms with Crippen LogP contribution in [0.3, 0.4) is 0 Å². The molecule has 11 heteroatoms. The van der Waals surface area contributed by atoms with Gasteiger partial charge in [-0.3, -0.25) is 4.79 Å². The molecule has 0 radical (unpaired) electrons. The van der Waals surface area contributed by atoms with Gasteiger partial charge >= 0.3 is 0 Å². The number of carbonyl (C=O) groups is 1. The van der Waals surface area contributed by atoms with Crippen molar-refractivity contribution in [3.05, 3.63) is 47.5 Å². The molecule has 0 aromatic heterocycles. The van der Waals surface area contributed by atoms with Crippen molar-refractivity contribution < 1.29 is 32.2 Å². The van der Waals surface area contributed by atoms with Crippen LogP contribution in [0.2, 0.25) is 0 Å². The summed E-state index contributed by atoms with van der Waals surface area (Å²) >= 11 is 0. The summed E-state index contributed by atoms with van der Waals surface area (Å²) in [5.74, 6) is 1.16. The lowest BCUT2D eigenvalue weighted by Crippen LogP contribution is -2.40. The number of sulfonamides is 1. The number of hydrazone groups is 1. The van der Waals surface area contributed by atoms with E-state index in [4.69, 9.17) is 18.9 Å². The van der Waals surface area contributed by atoms with Gasteiger partial charge in [0.15, 0.2) is 11.5 Å². The maximum Gasteiger partial charge on any atom is 0.243 e. The quantitative estimate of drug-likeness (QED) is 0.398. The third-order valence-electron chi connectivity index (χ3n) is 5.26. The summed E-state index contributed by atoms with van der Waals surface area (Å²) in [5.41, 5.74) is 4.00. The summed E-state index contributed by atoms with van der Waals surface area (Å²) in [6.45, 7) is 1.49. The van der Waals surface area contributed by atoms with Crippen LogP contribution < -0.4 is 19.6 Å². The number of hydrogen-bond donors (Lipinski definition) is 1. The number of rotatable bonds is 10. The minimum Gasteiger partial charge on any atom is -0.493 e. The fraction of sp³-hybridized carbons (Fsp3) is 0.391. The standard InChI is InChI=1S/C23H29N3O7S/c1-30-20-14-18(15-21(31-2)23(20)32-3)16-24-25-22(27)9-6-17-4-7-19(8-5-17)34(28,29)26-10-12-33-13-11-26/h4-5,7-8,14-16H,6,9-13H2,1-3H3,(H,25,27)/b24-16+. The summed E-state index contributed by atoms with van der Waals surface area (Å²) in [4.78, 5) is 12.4. The molecule has 0 aliphatic carbocycles. The first-order valence-corrected chi connectivity index (χ1v) is 12.1. The van der Waals surface area contributed by atoms with E-state index in [1.165, 1.54) is 31.8 Å². The number of hydrogen-bond acceptors (Lipinski definition) is 8. The highest BCUT2D eigenvalue weighted by Crippen LogP contribution is 2.37. The smallest absolute Gasteiger partial charge is 0.243 e. The Morgan fingerprint density at radius 1 is 1.06 bits per heavy atom. The van der Waals surface area contributed by atoms with Crippen LogP contribution in [0.5, 0.6) is 17.2 Å². The Morgan fingerprint density at radius 3 is 2.24 bits per heavy atom. The minimum absolute atomic E-state index is 0.197. The molecule has 0 saturated carbocycles. The van der Waals surface area contributed by atoms with E-state index in [0.29, 0.717) is 55.5 Å². The highest BCUT2D eigenvalue weighted by molar-refractivity contribution is 7.89. The lowest BCUT2D eigenvalue weighted by Gasteiger charge is -2.26. The Balaban J connectivity index is 1.54. The van der Waals surface area contributed by atoms with Crippen molar-refractivity contribution in [1.29, 1.82) is 0 Å². The molecular formula is C23H29N3O7S. The van der Waals surface area contributed by atoms with E-state index in [0.717, 1.165) is 5.56 Å². The van der Waals surface area contributed by atoms with Gasteiger partial charge in [0.2, 0.25) is 21.7 Å². The third-order valence-corrected chi connectivity index (χ3v) is 7.17. The molecule has 0 spiro atoms. The van der Waals surface area contributed by atoms with Crippen LogP contribution in [0.4, 0.5) is 0 Å². The zero-order valence-corrected chi connectivity index (χ0v) is 20.3. The first kappa shape index (κ1) is 25.5. The molecule has 184 valence electrons. The number of nitrogens with one attached hydrogen (secondary N) is 1. The molecule has 1 N–H and O–H groups in total. The molecule has 3 rings (SSSR count). The molecule has 0 atom stereocenters. The third kappa shape index (κ3) is 6.25. The molecule has 2 aromatic carbocycles. The molecule has 1 aliphatic heterocycles. The van der Waals surface area contributed by atoms with Crippen LogP contribution in [0.25, 0.3) is 0 Å². The second kappa shape index (κ2) is 11.8. The molecule has 1 amide bonds. The molecule has 10 nitrogen and oxygen atoms in total. The van der Waals surface area contributed by atoms with Crippen LogP contribution in [0, 0.1) is 0 Å². The summed E-state index contributed by atoms with van der Waals surface area (Å²) in [6.07, 6.45) is 2.12. The molecular weight excluding hydrogens is 462 g/mol. The van der Waals surface area contributed by atoms with Crippen molar-refractivity contribution in [3.8, 4) is 17.2 Å². The van der Waals surface area contributed by atoms with Gasteiger partial charge in [-0.2, -0.15) is 9.41 Å². The van der Waals surface area contributed by atoms with E-state index in [9.17, 15) is 13.2 Å². The molecule has 1 fully saturated rings. The Kier molecular flexibility index (Phi) is 8.85. The zero-order chi connectivity index (χ0) is 24.6. The highest BCUT2D eigenvalue weighted by Gasteiger charge is 2.26. The highest BCUT2D eigenvalue weighted by atomic mass is 32.2. The van der Waals surface area contributed by atoms with E-state index in [2.05, 4.69) is 10.5 Å². The molecule has 0 bridgehead atoms. The maximum atomic E-state index is 12.7. The van der Waals surface area contributed by atoms with Gasteiger partial charge in [-0.05, 0) is 36.2 Å². The predicted octanol–water partition coefficient (Wildman–Crippen LogP) is 1.82. The first-order chi connectivity index (χ1) is 16.4. The topological polar surface area (TPSA) is 116 Å². The Morgan fingerprint density at radius 2 is 1.68 bits per heavy atom. The first-order valence-electron chi connectivity index (χ1n) is 10.7. The van der Waals surface area contributed by atoms with Gasteiger partial charge in [0.1, 0.15) is 0 Å². The van der Waals surface area contributed by atoms with Gasteiger partial charge in [-0.25, -0.2) is 13.8 Å². The number of amides is 1. The van der Waals surface area contributed by atoms with Gasteiger partial charge in [0.25, 0.3) is 0 Å². The lowest BCUT2D eigenvalue weighted by molar-refractivity contribution is -0.121. The van der Waals surface area contributed by atoms with Crippen LogP contribution in [0.1, 0.15) is 17.5 Å². The number of nitrogens with zero attached hydrogens (tertiary/aromatic N) is 2. The summed E-state index contributed by atoms with van der Waals surface area (Å²) in [7, 11) is 1.02. The molecule has 1 heterocycles. The fourth-order valence-corrected chi connectivity index (χ4v) is 4.84. The van der Waals surface area contributed by atoms with E-state index in [-0.39, 0.29) is 17.2 Å². The van der Waals surface area contributed by atoms with Crippen LogP contribution in [0.15, 0.2) is 46.4 Å². The van der Waals surface area contributed by atoms with E-state index in [1.807, 2.05) is 0 Å². The van der Waals surface area contributed by atoms with Crippen LogP contribution in [-0.4, -0.2) is 72.5 Å². The molecule has 1 saturated heterocycles.